The van der Waals surface area contributed by atoms with Crippen LogP contribution in [0.2, 0.25) is 0 Å². The van der Waals surface area contributed by atoms with E-state index in [1.807, 2.05) is 0 Å². The normalized spacial score (nSPS) is 20.8. The summed E-state index contributed by atoms with van der Waals surface area (Å²) < 4.78 is 47.7. The molecule has 6 rings (SSSR count). The number of amides is 1. The minimum atomic E-state index is -3.54. The molecule has 1 amide bonds. The summed E-state index contributed by atoms with van der Waals surface area (Å²) in [7, 11) is 0. The number of carbonyl (C=O) groups excluding carboxylic acids is 3. The number of benzene rings is 3. The Hall–Kier alpha value is -5.60. The zero-order valence-corrected chi connectivity index (χ0v) is 23.8. The summed E-state index contributed by atoms with van der Waals surface area (Å²) in [5.41, 5.74) is -2.72. The van der Waals surface area contributed by atoms with Crippen molar-refractivity contribution < 1.29 is 42.5 Å². The van der Waals surface area contributed by atoms with Gasteiger partial charge < -0.3 is 24.6 Å². The molecule has 234 valence electrons. The number of anilines is 1. The molecule has 5 aromatic rings. The van der Waals surface area contributed by atoms with Crippen LogP contribution in [-0.2, 0) is 14.2 Å². The van der Waals surface area contributed by atoms with Gasteiger partial charge in [-0.25, -0.2) is 33.3 Å². The summed E-state index contributed by atoms with van der Waals surface area (Å²) >= 11 is 0. The fourth-order valence-electron chi connectivity index (χ4n) is 5.06. The average molecular weight is 630 g/mol. The van der Waals surface area contributed by atoms with Crippen LogP contribution in [0.4, 0.5) is 14.6 Å². The molecule has 4 atom stereocenters. The first-order chi connectivity index (χ1) is 22.3. The van der Waals surface area contributed by atoms with E-state index in [2.05, 4.69) is 20.3 Å². The van der Waals surface area contributed by atoms with Gasteiger partial charge in [0.1, 0.15) is 19.0 Å². The predicted molar refractivity (Wildman–Crippen MR) is 157 cm³/mol. The summed E-state index contributed by atoms with van der Waals surface area (Å²) in [5, 5.41) is 14.3. The fourth-order valence-corrected chi connectivity index (χ4v) is 5.06. The van der Waals surface area contributed by atoms with Crippen molar-refractivity contribution in [3.8, 4) is 0 Å². The lowest BCUT2D eigenvalue weighted by molar-refractivity contribution is -0.184. The standard InChI is InChI=1S/C32H25F2N5O7/c33-30(34)32(43)24(46-29(42)21-14-8-3-9-15-21)22(16-44-28(41)20-12-6-2-7-13-20)45-31(32)39-18-37-23-25(35-17-36-26(23)39)38-27(40)19-10-4-1-5-11-19/h1-15,17-18,22,24,30-31,43H,16H2,(H,35,36,38,40)/t22-,24-,31-,32+/m1/s1. The maximum absolute atomic E-state index is 15.0. The molecule has 1 aliphatic rings. The van der Waals surface area contributed by atoms with Gasteiger partial charge in [0.15, 0.2) is 29.3 Å². The Morgan fingerprint density at radius 3 is 2.07 bits per heavy atom. The molecule has 3 heterocycles. The molecule has 0 saturated carbocycles. The summed E-state index contributed by atoms with van der Waals surface area (Å²) in [6.07, 6.45) is -6.92. The molecule has 1 saturated heterocycles. The van der Waals surface area contributed by atoms with Crippen molar-refractivity contribution >= 4 is 34.8 Å². The zero-order chi connectivity index (χ0) is 32.3. The van der Waals surface area contributed by atoms with E-state index in [1.165, 1.54) is 24.3 Å². The highest BCUT2D eigenvalue weighted by Crippen LogP contribution is 2.45. The van der Waals surface area contributed by atoms with E-state index in [1.54, 1.807) is 66.7 Å². The van der Waals surface area contributed by atoms with E-state index >= 15 is 0 Å². The number of alkyl halides is 2. The van der Waals surface area contributed by atoms with Gasteiger partial charge in [0.25, 0.3) is 12.3 Å². The third kappa shape index (κ3) is 5.78. The molecule has 1 aliphatic heterocycles. The molecule has 12 nitrogen and oxygen atoms in total. The van der Waals surface area contributed by atoms with Gasteiger partial charge in [-0.1, -0.05) is 54.6 Å². The molecule has 0 unspecified atom stereocenters. The smallest absolute Gasteiger partial charge is 0.338 e. The second-order valence-electron chi connectivity index (χ2n) is 10.2. The molecule has 14 heteroatoms. The third-order valence-electron chi connectivity index (χ3n) is 7.35. The van der Waals surface area contributed by atoms with Crippen LogP contribution in [0.3, 0.4) is 0 Å². The van der Waals surface area contributed by atoms with Crippen molar-refractivity contribution in [3.05, 3.63) is 120 Å². The van der Waals surface area contributed by atoms with Crippen LogP contribution in [0, 0.1) is 0 Å². The van der Waals surface area contributed by atoms with Gasteiger partial charge in [-0.2, -0.15) is 0 Å². The molecule has 0 radical (unpaired) electrons. The SMILES string of the molecule is O=C(Nc1ncnc2c1ncn2[C@@H]1O[C@H](COC(=O)c2ccccc2)[C@@H](OC(=O)c2ccccc2)[C@]1(O)C(F)F)c1ccccc1. The Labute approximate surface area is 259 Å². The fraction of sp³-hybridized carbons (Fsp3) is 0.188. The number of halogens is 2. The minimum Gasteiger partial charge on any atom is -0.459 e. The van der Waals surface area contributed by atoms with Crippen LogP contribution >= 0.6 is 0 Å². The van der Waals surface area contributed by atoms with Crippen LogP contribution in [0.1, 0.15) is 37.3 Å². The summed E-state index contributed by atoms with van der Waals surface area (Å²) in [6.45, 7) is -0.661. The monoisotopic (exact) mass is 629 g/mol. The first-order valence-corrected chi connectivity index (χ1v) is 14.0. The van der Waals surface area contributed by atoms with Gasteiger partial charge >= 0.3 is 11.9 Å². The first kappa shape index (κ1) is 30.4. The molecule has 0 spiro atoms. The number of fused-ring (bicyclic) bond motifs is 1. The lowest BCUT2D eigenvalue weighted by atomic mass is 9.94. The molecular formula is C32H25F2N5O7. The second-order valence-corrected chi connectivity index (χ2v) is 10.2. The Balaban J connectivity index is 1.35. The zero-order valence-electron chi connectivity index (χ0n) is 23.8. The molecule has 0 aliphatic carbocycles. The molecular weight excluding hydrogens is 604 g/mol. The van der Waals surface area contributed by atoms with Crippen LogP contribution in [0.15, 0.2) is 104 Å². The van der Waals surface area contributed by atoms with Crippen molar-refractivity contribution in [2.24, 2.45) is 0 Å². The highest BCUT2D eigenvalue weighted by molar-refractivity contribution is 6.06. The summed E-state index contributed by atoms with van der Waals surface area (Å²) in [4.78, 5) is 51.0. The average Bonchev–Trinajstić information content (AvgIpc) is 3.64. The molecule has 2 aromatic heterocycles. The van der Waals surface area contributed by atoms with Crippen LogP contribution in [0.5, 0.6) is 0 Å². The van der Waals surface area contributed by atoms with Gasteiger partial charge in [0.05, 0.1) is 17.5 Å². The van der Waals surface area contributed by atoms with E-state index in [-0.39, 0.29) is 28.1 Å². The van der Waals surface area contributed by atoms with Crippen molar-refractivity contribution in [1.29, 1.82) is 0 Å². The Morgan fingerprint density at radius 1 is 0.870 bits per heavy atom. The number of ether oxygens (including phenoxy) is 3. The van der Waals surface area contributed by atoms with E-state index in [4.69, 9.17) is 14.2 Å². The number of hydrogen-bond acceptors (Lipinski definition) is 10. The third-order valence-corrected chi connectivity index (χ3v) is 7.35. The Kier molecular flexibility index (Phi) is 8.46. The highest BCUT2D eigenvalue weighted by Gasteiger charge is 2.65. The molecule has 46 heavy (non-hydrogen) atoms. The molecule has 1 fully saturated rings. The Bertz CT molecular complexity index is 1860. The van der Waals surface area contributed by atoms with E-state index in [0.717, 1.165) is 17.2 Å². The van der Waals surface area contributed by atoms with Gasteiger partial charge in [-0.15, -0.1) is 0 Å². The van der Waals surface area contributed by atoms with Gasteiger partial charge in [-0.3, -0.25) is 9.36 Å². The van der Waals surface area contributed by atoms with Gasteiger partial charge in [-0.05, 0) is 36.4 Å². The van der Waals surface area contributed by atoms with Crippen LogP contribution in [0.25, 0.3) is 11.2 Å². The number of aromatic nitrogens is 4. The topological polar surface area (TPSA) is 155 Å². The minimum absolute atomic E-state index is 0.00350. The number of nitrogens with zero attached hydrogens (tertiary/aromatic N) is 4. The second kappa shape index (κ2) is 12.8. The highest BCUT2D eigenvalue weighted by atomic mass is 19.3. The van der Waals surface area contributed by atoms with Gasteiger partial charge in [0, 0.05) is 5.56 Å². The van der Waals surface area contributed by atoms with Crippen molar-refractivity contribution in [3.63, 3.8) is 0 Å². The lowest BCUT2D eigenvalue weighted by Crippen LogP contribution is -2.54. The van der Waals surface area contributed by atoms with Crippen LogP contribution in [-0.4, -0.2) is 73.3 Å². The maximum Gasteiger partial charge on any atom is 0.338 e. The van der Waals surface area contributed by atoms with Crippen molar-refractivity contribution in [2.75, 3.05) is 11.9 Å². The number of esters is 2. The first-order valence-electron chi connectivity index (χ1n) is 14.0. The number of carbonyl (C=O) groups is 3. The summed E-state index contributed by atoms with van der Waals surface area (Å²) in [5.74, 6) is -2.35. The van der Waals surface area contributed by atoms with E-state index in [9.17, 15) is 28.3 Å². The van der Waals surface area contributed by atoms with Gasteiger partial charge in [0.2, 0.25) is 5.60 Å². The molecule has 0 bridgehead atoms. The number of imidazole rings is 1. The maximum atomic E-state index is 15.0. The summed E-state index contributed by atoms with van der Waals surface area (Å²) in [6, 6.07) is 23.7. The number of nitrogens with one attached hydrogen (secondary N) is 1. The number of rotatable bonds is 9. The molecule has 2 N–H and O–H groups in total. The van der Waals surface area contributed by atoms with E-state index in [0.29, 0.717) is 5.56 Å². The quantitative estimate of drug-likeness (QED) is 0.228. The lowest BCUT2D eigenvalue weighted by Gasteiger charge is -2.32. The van der Waals surface area contributed by atoms with E-state index < -0.39 is 54.9 Å². The molecule has 3 aromatic carbocycles. The Morgan fingerprint density at radius 2 is 1.46 bits per heavy atom. The van der Waals surface area contributed by atoms with Crippen molar-refractivity contribution in [2.45, 2.75) is 30.5 Å². The van der Waals surface area contributed by atoms with Crippen LogP contribution < -0.4 is 5.32 Å². The number of aliphatic hydroxyl groups is 1. The largest absolute Gasteiger partial charge is 0.459 e. The van der Waals surface area contributed by atoms with Crippen molar-refractivity contribution in [1.82, 2.24) is 19.5 Å². The number of hydrogen-bond donors (Lipinski definition) is 2. The predicted octanol–water partition coefficient (Wildman–Crippen LogP) is 4.05.